The average Bonchev–Trinajstić information content (AvgIpc) is 2.47. The minimum atomic E-state index is -0.698. The van der Waals surface area contributed by atoms with Gasteiger partial charge in [0, 0.05) is 17.6 Å². The molecular formula is C15H17N3O2. The second-order valence-corrected chi connectivity index (χ2v) is 5.30. The number of nitrogens with one attached hydrogen (secondary N) is 1. The summed E-state index contributed by atoms with van der Waals surface area (Å²) < 4.78 is 0. The standard InChI is InChI=1S/C15H17N3O2/c19-14(20)10-5-3-6-12(8-10)17-15-16-9-11-4-1-2-7-13(11)18-15/h1-2,4,7,9-10,12H,3,5-6,8H2,(H,19,20)(H,16,17,18). The molecule has 0 aliphatic heterocycles. The highest BCUT2D eigenvalue weighted by molar-refractivity contribution is 5.78. The molecule has 5 nitrogen and oxygen atoms in total. The number of carboxylic acid groups (broad SMARTS) is 1. The summed E-state index contributed by atoms with van der Waals surface area (Å²) in [6.07, 6.45) is 5.11. The molecule has 2 atom stereocenters. The largest absolute Gasteiger partial charge is 0.481 e. The number of benzene rings is 1. The van der Waals surface area contributed by atoms with Crippen LogP contribution in [0.4, 0.5) is 5.95 Å². The molecule has 1 aliphatic rings. The summed E-state index contributed by atoms with van der Waals surface area (Å²) in [5.41, 5.74) is 0.899. The Morgan fingerprint density at radius 2 is 2.15 bits per heavy atom. The second kappa shape index (κ2) is 5.45. The lowest BCUT2D eigenvalue weighted by Crippen LogP contribution is -2.31. The molecule has 1 aromatic heterocycles. The number of carboxylic acids is 1. The maximum atomic E-state index is 11.1. The molecule has 2 unspecified atom stereocenters. The predicted molar refractivity (Wildman–Crippen MR) is 76.5 cm³/mol. The molecule has 0 radical (unpaired) electrons. The fourth-order valence-corrected chi connectivity index (χ4v) is 2.77. The van der Waals surface area contributed by atoms with Crippen LogP contribution in [-0.4, -0.2) is 27.1 Å². The van der Waals surface area contributed by atoms with Crippen molar-refractivity contribution in [1.29, 1.82) is 0 Å². The Hall–Kier alpha value is -2.17. The van der Waals surface area contributed by atoms with Crippen molar-refractivity contribution in [3.8, 4) is 0 Å². The van der Waals surface area contributed by atoms with E-state index in [1.165, 1.54) is 0 Å². The van der Waals surface area contributed by atoms with Crippen molar-refractivity contribution >= 4 is 22.8 Å². The molecule has 0 bridgehead atoms. The van der Waals surface area contributed by atoms with Gasteiger partial charge in [-0.1, -0.05) is 24.6 Å². The van der Waals surface area contributed by atoms with Gasteiger partial charge in [0.25, 0.3) is 0 Å². The van der Waals surface area contributed by atoms with E-state index in [9.17, 15) is 4.79 Å². The number of anilines is 1. The second-order valence-electron chi connectivity index (χ2n) is 5.30. The Kier molecular flexibility index (Phi) is 3.50. The summed E-state index contributed by atoms with van der Waals surface area (Å²) >= 11 is 0. The number of nitrogens with zero attached hydrogens (tertiary/aromatic N) is 2. The first-order valence-electron chi connectivity index (χ1n) is 6.93. The van der Waals surface area contributed by atoms with E-state index < -0.39 is 5.97 Å². The van der Waals surface area contributed by atoms with Crippen LogP contribution in [0.5, 0.6) is 0 Å². The number of aliphatic carboxylic acids is 1. The van der Waals surface area contributed by atoms with Crippen LogP contribution in [0, 0.1) is 5.92 Å². The van der Waals surface area contributed by atoms with Crippen LogP contribution in [-0.2, 0) is 4.79 Å². The molecule has 0 spiro atoms. The minimum absolute atomic E-state index is 0.144. The van der Waals surface area contributed by atoms with E-state index >= 15 is 0 Å². The number of hydrogen-bond acceptors (Lipinski definition) is 4. The third-order valence-corrected chi connectivity index (χ3v) is 3.85. The molecule has 2 aromatic rings. The Morgan fingerprint density at radius 1 is 1.30 bits per heavy atom. The van der Waals surface area contributed by atoms with E-state index in [-0.39, 0.29) is 12.0 Å². The molecule has 1 aliphatic carbocycles. The van der Waals surface area contributed by atoms with Crippen molar-refractivity contribution in [3.63, 3.8) is 0 Å². The van der Waals surface area contributed by atoms with Crippen molar-refractivity contribution in [2.45, 2.75) is 31.7 Å². The van der Waals surface area contributed by atoms with Gasteiger partial charge in [0.05, 0.1) is 11.4 Å². The SMILES string of the molecule is O=C(O)C1CCCC(Nc2ncc3ccccc3n2)C1. The molecule has 0 saturated heterocycles. The molecule has 1 aromatic carbocycles. The van der Waals surface area contributed by atoms with Gasteiger partial charge in [0.15, 0.2) is 0 Å². The van der Waals surface area contributed by atoms with Gasteiger partial charge in [-0.2, -0.15) is 0 Å². The quantitative estimate of drug-likeness (QED) is 0.897. The fraction of sp³-hybridized carbons (Fsp3) is 0.400. The molecule has 1 fully saturated rings. The average molecular weight is 271 g/mol. The summed E-state index contributed by atoms with van der Waals surface area (Å²) in [6, 6.07) is 7.96. The van der Waals surface area contributed by atoms with Gasteiger partial charge in [-0.3, -0.25) is 4.79 Å². The maximum absolute atomic E-state index is 11.1. The van der Waals surface area contributed by atoms with Crippen LogP contribution in [0.3, 0.4) is 0 Å². The summed E-state index contributed by atoms with van der Waals surface area (Å²) in [7, 11) is 0. The molecule has 3 rings (SSSR count). The number of fused-ring (bicyclic) bond motifs is 1. The van der Waals surface area contributed by atoms with Gasteiger partial charge >= 0.3 is 5.97 Å². The Balaban J connectivity index is 1.74. The number of hydrogen-bond donors (Lipinski definition) is 2. The number of para-hydroxylation sites is 1. The summed E-state index contributed by atoms with van der Waals surface area (Å²) in [4.78, 5) is 19.8. The van der Waals surface area contributed by atoms with Gasteiger partial charge in [-0.15, -0.1) is 0 Å². The highest BCUT2D eigenvalue weighted by atomic mass is 16.4. The topological polar surface area (TPSA) is 75.1 Å². The van der Waals surface area contributed by atoms with Crippen LogP contribution in [0.15, 0.2) is 30.5 Å². The molecule has 1 saturated carbocycles. The molecule has 0 amide bonds. The number of rotatable bonds is 3. The number of carbonyl (C=O) groups is 1. The summed E-state index contributed by atoms with van der Waals surface area (Å²) in [5.74, 6) is -0.364. The van der Waals surface area contributed by atoms with Crippen LogP contribution in [0.1, 0.15) is 25.7 Å². The number of aromatic nitrogens is 2. The van der Waals surface area contributed by atoms with E-state index in [1.54, 1.807) is 6.20 Å². The van der Waals surface area contributed by atoms with E-state index in [1.807, 2.05) is 24.3 Å². The van der Waals surface area contributed by atoms with Crippen molar-refractivity contribution in [3.05, 3.63) is 30.5 Å². The van der Waals surface area contributed by atoms with E-state index in [0.29, 0.717) is 12.4 Å². The van der Waals surface area contributed by atoms with Gasteiger partial charge in [0.2, 0.25) is 5.95 Å². The smallest absolute Gasteiger partial charge is 0.306 e. The summed E-state index contributed by atoms with van der Waals surface area (Å²) in [5, 5.41) is 13.4. The molecule has 5 heteroatoms. The van der Waals surface area contributed by atoms with E-state index in [2.05, 4.69) is 15.3 Å². The fourth-order valence-electron chi connectivity index (χ4n) is 2.77. The van der Waals surface area contributed by atoms with Gasteiger partial charge in [-0.05, 0) is 25.3 Å². The zero-order chi connectivity index (χ0) is 13.9. The molecular weight excluding hydrogens is 254 g/mol. The van der Waals surface area contributed by atoms with Crippen LogP contribution < -0.4 is 5.32 Å². The predicted octanol–water partition coefficient (Wildman–Crippen LogP) is 2.69. The highest BCUT2D eigenvalue weighted by Gasteiger charge is 2.27. The maximum Gasteiger partial charge on any atom is 0.306 e. The zero-order valence-corrected chi connectivity index (χ0v) is 11.1. The molecule has 104 valence electrons. The third kappa shape index (κ3) is 2.71. The van der Waals surface area contributed by atoms with E-state index in [4.69, 9.17) is 5.11 Å². The van der Waals surface area contributed by atoms with Crippen LogP contribution >= 0.6 is 0 Å². The Morgan fingerprint density at radius 3 is 3.00 bits per heavy atom. The lowest BCUT2D eigenvalue weighted by molar-refractivity contribution is -0.142. The van der Waals surface area contributed by atoms with Crippen molar-refractivity contribution in [1.82, 2.24) is 9.97 Å². The Labute approximate surface area is 117 Å². The third-order valence-electron chi connectivity index (χ3n) is 3.85. The first-order valence-corrected chi connectivity index (χ1v) is 6.93. The minimum Gasteiger partial charge on any atom is -0.481 e. The molecule has 1 heterocycles. The molecule has 2 N–H and O–H groups in total. The van der Waals surface area contributed by atoms with Gasteiger partial charge < -0.3 is 10.4 Å². The van der Waals surface area contributed by atoms with Crippen LogP contribution in [0.2, 0.25) is 0 Å². The zero-order valence-electron chi connectivity index (χ0n) is 11.1. The lowest BCUT2D eigenvalue weighted by atomic mass is 9.86. The van der Waals surface area contributed by atoms with Crippen molar-refractivity contribution < 1.29 is 9.90 Å². The highest BCUT2D eigenvalue weighted by Crippen LogP contribution is 2.26. The molecule has 20 heavy (non-hydrogen) atoms. The van der Waals surface area contributed by atoms with Crippen molar-refractivity contribution in [2.75, 3.05) is 5.32 Å². The first kappa shape index (κ1) is 12.8. The monoisotopic (exact) mass is 271 g/mol. The normalized spacial score (nSPS) is 22.6. The van der Waals surface area contributed by atoms with Gasteiger partial charge in [0.1, 0.15) is 0 Å². The van der Waals surface area contributed by atoms with Gasteiger partial charge in [-0.25, -0.2) is 9.97 Å². The summed E-state index contributed by atoms with van der Waals surface area (Å²) in [6.45, 7) is 0. The van der Waals surface area contributed by atoms with Crippen molar-refractivity contribution in [2.24, 2.45) is 5.92 Å². The lowest BCUT2D eigenvalue weighted by Gasteiger charge is -2.27. The van der Waals surface area contributed by atoms with Crippen LogP contribution in [0.25, 0.3) is 10.9 Å². The first-order chi connectivity index (χ1) is 9.72. The van der Waals surface area contributed by atoms with E-state index in [0.717, 1.165) is 30.2 Å². The Bertz CT molecular complexity index is 629.